The fourth-order valence-corrected chi connectivity index (χ4v) is 2.50. The highest BCUT2D eigenvalue weighted by Crippen LogP contribution is 2.36. The topological polar surface area (TPSA) is 72.8 Å². The average molecular weight is 244 g/mol. The zero-order valence-electron chi connectivity index (χ0n) is 10.8. The summed E-state index contributed by atoms with van der Waals surface area (Å²) in [6, 6.07) is 0. The first-order valence-electron chi connectivity index (χ1n) is 6.30. The highest BCUT2D eigenvalue weighted by atomic mass is 16.3. The molecule has 1 rings (SSSR count). The molecule has 0 aromatic rings. The Morgan fingerprint density at radius 2 is 1.94 bits per heavy atom. The lowest BCUT2D eigenvalue weighted by Gasteiger charge is -2.36. The monoisotopic (exact) mass is 244 g/mol. The maximum atomic E-state index is 12.6. The van der Waals surface area contributed by atoms with Gasteiger partial charge < -0.3 is 20.4 Å². The maximum absolute atomic E-state index is 12.6. The van der Waals surface area contributed by atoms with Gasteiger partial charge >= 0.3 is 0 Å². The summed E-state index contributed by atoms with van der Waals surface area (Å²) in [6.07, 6.45) is 0.830. The predicted molar refractivity (Wildman–Crippen MR) is 65.5 cm³/mol. The molecule has 0 bridgehead atoms. The minimum absolute atomic E-state index is 0.0561. The molecule has 0 aromatic heterocycles. The van der Waals surface area contributed by atoms with Gasteiger partial charge in [0.05, 0.1) is 18.6 Å². The fraction of sp³-hybridized carbons (Fsp3) is 0.917. The van der Waals surface area contributed by atoms with Gasteiger partial charge in [-0.3, -0.25) is 4.79 Å². The summed E-state index contributed by atoms with van der Waals surface area (Å²) >= 11 is 0. The Kier molecular flexibility index (Phi) is 5.36. The summed E-state index contributed by atoms with van der Waals surface area (Å²) in [6.45, 7) is 6.14. The molecule has 1 fully saturated rings. The van der Waals surface area contributed by atoms with E-state index in [4.69, 9.17) is 10.2 Å². The van der Waals surface area contributed by atoms with E-state index in [0.717, 1.165) is 13.0 Å². The smallest absolute Gasteiger partial charge is 0.230 e. The molecule has 0 radical (unpaired) electrons. The molecule has 1 saturated heterocycles. The van der Waals surface area contributed by atoms with Crippen molar-refractivity contribution in [2.45, 2.75) is 20.3 Å². The van der Waals surface area contributed by atoms with Gasteiger partial charge in [0.1, 0.15) is 0 Å². The van der Waals surface area contributed by atoms with Crippen molar-refractivity contribution in [3.05, 3.63) is 0 Å². The molecule has 1 amide bonds. The molecule has 100 valence electrons. The second-order valence-electron chi connectivity index (χ2n) is 4.98. The first-order valence-corrected chi connectivity index (χ1v) is 6.30. The van der Waals surface area contributed by atoms with Crippen molar-refractivity contribution in [3.63, 3.8) is 0 Å². The Bertz CT molecular complexity index is 244. The van der Waals surface area contributed by atoms with Crippen molar-refractivity contribution in [1.82, 2.24) is 10.2 Å². The molecular formula is C12H24N2O3. The highest BCUT2D eigenvalue weighted by molar-refractivity contribution is 5.83. The van der Waals surface area contributed by atoms with Crippen LogP contribution in [0, 0.1) is 11.3 Å². The molecule has 1 heterocycles. The molecule has 1 atom stereocenters. The molecule has 0 spiro atoms. The fourth-order valence-electron chi connectivity index (χ4n) is 2.50. The Hall–Kier alpha value is -0.650. The van der Waals surface area contributed by atoms with Gasteiger partial charge in [-0.25, -0.2) is 0 Å². The van der Waals surface area contributed by atoms with Crippen LogP contribution in [0.15, 0.2) is 0 Å². The van der Waals surface area contributed by atoms with E-state index < -0.39 is 0 Å². The molecule has 0 aliphatic carbocycles. The van der Waals surface area contributed by atoms with Crippen LogP contribution in [-0.4, -0.2) is 60.4 Å². The van der Waals surface area contributed by atoms with E-state index in [1.807, 2.05) is 0 Å². The number of carbonyl (C=O) groups is 1. The summed E-state index contributed by atoms with van der Waals surface area (Å²) < 4.78 is 0. The van der Waals surface area contributed by atoms with Crippen LogP contribution >= 0.6 is 0 Å². The van der Waals surface area contributed by atoms with Gasteiger partial charge in [0.25, 0.3) is 0 Å². The van der Waals surface area contributed by atoms with Gasteiger partial charge in [-0.05, 0) is 18.9 Å². The summed E-state index contributed by atoms with van der Waals surface area (Å²) in [4.78, 5) is 14.1. The number of amides is 1. The Morgan fingerprint density at radius 3 is 2.29 bits per heavy atom. The SMILES string of the molecule is CC(C)C1(C(=O)N(CCO)CCO)CCNC1. The van der Waals surface area contributed by atoms with Crippen LogP contribution in [0.4, 0.5) is 0 Å². The third-order valence-corrected chi connectivity index (χ3v) is 3.75. The van der Waals surface area contributed by atoms with E-state index in [2.05, 4.69) is 19.2 Å². The first-order chi connectivity index (χ1) is 8.08. The average Bonchev–Trinajstić information content (AvgIpc) is 2.78. The molecular weight excluding hydrogens is 220 g/mol. The van der Waals surface area contributed by atoms with Gasteiger partial charge in [0.2, 0.25) is 5.91 Å². The van der Waals surface area contributed by atoms with Crippen LogP contribution in [0.2, 0.25) is 0 Å². The number of hydrogen-bond acceptors (Lipinski definition) is 4. The molecule has 1 aliphatic heterocycles. The van der Waals surface area contributed by atoms with Crippen LogP contribution in [0.3, 0.4) is 0 Å². The molecule has 1 aliphatic rings. The molecule has 5 heteroatoms. The zero-order valence-corrected chi connectivity index (χ0v) is 10.8. The zero-order chi connectivity index (χ0) is 12.9. The Morgan fingerprint density at radius 1 is 1.35 bits per heavy atom. The Balaban J connectivity index is 2.81. The number of aliphatic hydroxyl groups excluding tert-OH is 2. The van der Waals surface area contributed by atoms with E-state index in [0.29, 0.717) is 19.6 Å². The third kappa shape index (κ3) is 2.97. The van der Waals surface area contributed by atoms with Crippen molar-refractivity contribution < 1.29 is 15.0 Å². The maximum Gasteiger partial charge on any atom is 0.230 e. The van der Waals surface area contributed by atoms with Crippen LogP contribution in [0.25, 0.3) is 0 Å². The van der Waals surface area contributed by atoms with Crippen molar-refractivity contribution in [3.8, 4) is 0 Å². The third-order valence-electron chi connectivity index (χ3n) is 3.75. The molecule has 5 nitrogen and oxygen atoms in total. The van der Waals surface area contributed by atoms with E-state index in [-0.39, 0.29) is 30.5 Å². The minimum Gasteiger partial charge on any atom is -0.395 e. The van der Waals surface area contributed by atoms with Crippen molar-refractivity contribution in [2.24, 2.45) is 11.3 Å². The largest absolute Gasteiger partial charge is 0.395 e. The van der Waals surface area contributed by atoms with Crippen molar-refractivity contribution in [2.75, 3.05) is 39.4 Å². The van der Waals surface area contributed by atoms with Crippen molar-refractivity contribution >= 4 is 5.91 Å². The van der Waals surface area contributed by atoms with E-state index in [1.165, 1.54) is 0 Å². The van der Waals surface area contributed by atoms with Crippen LogP contribution < -0.4 is 5.32 Å². The van der Waals surface area contributed by atoms with Gasteiger partial charge in [0.15, 0.2) is 0 Å². The van der Waals surface area contributed by atoms with E-state index in [1.54, 1.807) is 4.90 Å². The number of carbonyl (C=O) groups excluding carboxylic acids is 1. The van der Waals surface area contributed by atoms with Gasteiger partial charge in [-0.1, -0.05) is 13.8 Å². The minimum atomic E-state index is -0.371. The second-order valence-corrected chi connectivity index (χ2v) is 4.98. The lowest BCUT2D eigenvalue weighted by Crippen LogP contribution is -2.50. The van der Waals surface area contributed by atoms with Crippen molar-refractivity contribution in [1.29, 1.82) is 0 Å². The lowest BCUT2D eigenvalue weighted by atomic mass is 9.75. The number of nitrogens with one attached hydrogen (secondary N) is 1. The van der Waals surface area contributed by atoms with Crippen LogP contribution in [-0.2, 0) is 4.79 Å². The van der Waals surface area contributed by atoms with E-state index in [9.17, 15) is 4.79 Å². The summed E-state index contributed by atoms with van der Waals surface area (Å²) in [5, 5.41) is 21.2. The molecule has 3 N–H and O–H groups in total. The van der Waals surface area contributed by atoms with Gasteiger partial charge in [0, 0.05) is 19.6 Å². The number of nitrogens with zero attached hydrogens (tertiary/aromatic N) is 1. The summed E-state index contributed by atoms with van der Waals surface area (Å²) in [5.41, 5.74) is -0.371. The summed E-state index contributed by atoms with van der Waals surface area (Å²) in [7, 11) is 0. The standard InChI is InChI=1S/C12H24N2O3/c1-10(2)12(3-4-13-9-12)11(17)14(5-7-15)6-8-16/h10,13,15-16H,3-9H2,1-2H3. The molecule has 0 aromatic carbocycles. The quantitative estimate of drug-likeness (QED) is 0.585. The lowest BCUT2D eigenvalue weighted by molar-refractivity contribution is -0.144. The van der Waals surface area contributed by atoms with Crippen LogP contribution in [0.5, 0.6) is 0 Å². The van der Waals surface area contributed by atoms with Crippen LogP contribution in [0.1, 0.15) is 20.3 Å². The van der Waals surface area contributed by atoms with Gasteiger partial charge in [-0.2, -0.15) is 0 Å². The predicted octanol–water partition coefficient (Wildman–Crippen LogP) is -0.565. The number of aliphatic hydroxyl groups is 2. The van der Waals surface area contributed by atoms with Gasteiger partial charge in [-0.15, -0.1) is 0 Å². The molecule has 0 saturated carbocycles. The molecule has 17 heavy (non-hydrogen) atoms. The van der Waals surface area contributed by atoms with E-state index >= 15 is 0 Å². The highest BCUT2D eigenvalue weighted by Gasteiger charge is 2.45. The molecule has 1 unspecified atom stereocenters. The first kappa shape index (κ1) is 14.4. The second kappa shape index (κ2) is 6.33. The summed E-state index contributed by atoms with van der Waals surface area (Å²) in [5.74, 6) is 0.311. The number of hydrogen-bond donors (Lipinski definition) is 3. The Labute approximate surface area is 103 Å². The number of rotatable bonds is 6. The normalized spacial score (nSPS) is 24.3.